The lowest BCUT2D eigenvalue weighted by Gasteiger charge is -2.18. The summed E-state index contributed by atoms with van der Waals surface area (Å²) >= 11 is 6.10. The molecule has 0 bridgehead atoms. The van der Waals surface area contributed by atoms with Crippen LogP contribution in [0.2, 0.25) is 5.02 Å². The highest BCUT2D eigenvalue weighted by atomic mass is 35.5. The molecule has 6 nitrogen and oxygen atoms in total. The number of H-pyrrole nitrogens is 1. The minimum absolute atomic E-state index is 0.106. The van der Waals surface area contributed by atoms with Crippen molar-refractivity contribution in [3.63, 3.8) is 0 Å². The smallest absolute Gasteiger partial charge is 0.311 e. The van der Waals surface area contributed by atoms with Crippen molar-refractivity contribution in [1.29, 1.82) is 0 Å². The van der Waals surface area contributed by atoms with Gasteiger partial charge in [0.1, 0.15) is 23.6 Å². The number of nitrogen functional groups attached to an aromatic ring is 1. The number of benzene rings is 1. The average molecular weight is 378 g/mol. The van der Waals surface area contributed by atoms with E-state index in [0.29, 0.717) is 18.3 Å². The lowest BCUT2D eigenvalue weighted by Crippen LogP contribution is -2.21. The third kappa shape index (κ3) is 3.72. The minimum atomic E-state index is -0.464. The molecular weight excluding hydrogens is 357 g/mol. The first kappa shape index (κ1) is 18.4. The molecule has 0 saturated heterocycles. The van der Waals surface area contributed by atoms with Gasteiger partial charge < -0.3 is 15.5 Å². The maximum Gasteiger partial charge on any atom is 0.311 e. The number of nitrogens with zero attached hydrogens (tertiary/aromatic N) is 3. The lowest BCUT2D eigenvalue weighted by atomic mass is 10.1. The molecule has 138 valence electrons. The topological polar surface area (TPSA) is 88.6 Å². The van der Waals surface area contributed by atoms with E-state index in [2.05, 4.69) is 33.8 Å². The highest BCUT2D eigenvalue weighted by Crippen LogP contribution is 2.32. The fourth-order valence-corrected chi connectivity index (χ4v) is 3.03. The van der Waals surface area contributed by atoms with Crippen LogP contribution in [0, 0.1) is 5.82 Å². The first-order valence-electron chi connectivity index (χ1n) is 8.58. The molecule has 0 spiro atoms. The van der Waals surface area contributed by atoms with E-state index in [-0.39, 0.29) is 34.3 Å². The van der Waals surface area contributed by atoms with Gasteiger partial charge in [-0.15, -0.1) is 0 Å². The van der Waals surface area contributed by atoms with Crippen molar-refractivity contribution in [2.45, 2.75) is 38.7 Å². The Hall–Kier alpha value is -2.41. The number of hydrogen-bond donors (Lipinski definition) is 2. The molecule has 0 radical (unpaired) electrons. The number of halogens is 2. The van der Waals surface area contributed by atoms with E-state index < -0.39 is 5.82 Å². The molecule has 1 atom stereocenters. The molecule has 2 aromatic rings. The molecule has 1 unspecified atom stereocenters. The van der Waals surface area contributed by atoms with Gasteiger partial charge in [-0.1, -0.05) is 31.5 Å². The van der Waals surface area contributed by atoms with E-state index in [4.69, 9.17) is 22.1 Å². The predicted octanol–water partition coefficient (Wildman–Crippen LogP) is 4.18. The Labute approximate surface area is 156 Å². The van der Waals surface area contributed by atoms with Crippen molar-refractivity contribution in [2.24, 2.45) is 9.98 Å². The van der Waals surface area contributed by atoms with Gasteiger partial charge in [-0.2, -0.15) is 0 Å². The molecular formula is C18H21ClFN5O. The average Bonchev–Trinajstić information content (AvgIpc) is 3.01. The molecule has 8 heteroatoms. The lowest BCUT2D eigenvalue weighted by molar-refractivity contribution is 0.175. The Balaban J connectivity index is 1.79. The van der Waals surface area contributed by atoms with Crippen molar-refractivity contribution in [3.05, 3.63) is 34.7 Å². The second-order valence-electron chi connectivity index (χ2n) is 6.05. The van der Waals surface area contributed by atoms with Crippen molar-refractivity contribution >= 4 is 29.7 Å². The Bertz CT molecular complexity index is 824. The SMILES string of the molecule is CCC(CC)OC1=NCC(c2[nH]c(-c3c(F)cccc3Cl)nc2N)C=N1. The first-order chi connectivity index (χ1) is 12.5. The number of hydrogen-bond acceptors (Lipinski definition) is 5. The van der Waals surface area contributed by atoms with E-state index in [1.807, 2.05) is 0 Å². The maximum absolute atomic E-state index is 14.1. The van der Waals surface area contributed by atoms with Gasteiger partial charge in [-0.05, 0) is 25.0 Å². The number of imidazole rings is 1. The summed E-state index contributed by atoms with van der Waals surface area (Å²) in [5, 5.41) is 0.265. The molecule has 1 aromatic carbocycles. The van der Waals surface area contributed by atoms with Crippen LogP contribution in [-0.2, 0) is 4.74 Å². The molecule has 1 aliphatic heterocycles. The maximum atomic E-state index is 14.1. The normalized spacial score (nSPS) is 16.8. The van der Waals surface area contributed by atoms with Crippen LogP contribution in [0.15, 0.2) is 28.2 Å². The highest BCUT2D eigenvalue weighted by molar-refractivity contribution is 6.33. The van der Waals surface area contributed by atoms with E-state index in [1.54, 1.807) is 12.3 Å². The van der Waals surface area contributed by atoms with E-state index in [9.17, 15) is 4.39 Å². The molecule has 0 amide bonds. The fourth-order valence-electron chi connectivity index (χ4n) is 2.78. The van der Waals surface area contributed by atoms with Crippen molar-refractivity contribution in [1.82, 2.24) is 9.97 Å². The number of aliphatic imine (C=N–C) groups is 2. The standard InChI is InChI=1S/C18H21ClFN5O/c1-3-11(4-2)26-18-22-8-10(9-23-18)15-16(21)25-17(24-15)14-12(19)6-5-7-13(14)20/h5-8,10-11H,3-4,9,21H2,1-2H3,(H,24,25). The number of aromatic nitrogens is 2. The van der Waals surface area contributed by atoms with Gasteiger partial charge in [0.2, 0.25) is 0 Å². The largest absolute Gasteiger partial charge is 0.460 e. The molecule has 1 aromatic heterocycles. The van der Waals surface area contributed by atoms with Gasteiger partial charge in [-0.3, -0.25) is 0 Å². The van der Waals surface area contributed by atoms with Gasteiger partial charge in [0, 0.05) is 6.21 Å². The second-order valence-corrected chi connectivity index (χ2v) is 6.45. The molecule has 3 N–H and O–H groups in total. The number of nitrogens with one attached hydrogen (secondary N) is 1. The highest BCUT2D eigenvalue weighted by Gasteiger charge is 2.23. The molecule has 2 heterocycles. The van der Waals surface area contributed by atoms with E-state index in [1.165, 1.54) is 12.1 Å². The van der Waals surface area contributed by atoms with Gasteiger partial charge in [-0.25, -0.2) is 19.4 Å². The number of amidine groups is 1. The fraction of sp³-hybridized carbons (Fsp3) is 0.389. The van der Waals surface area contributed by atoms with Crippen molar-refractivity contribution in [3.8, 4) is 11.4 Å². The molecule has 3 rings (SSSR count). The van der Waals surface area contributed by atoms with Crippen LogP contribution in [0.5, 0.6) is 0 Å². The summed E-state index contributed by atoms with van der Waals surface area (Å²) in [6.45, 7) is 4.55. The first-order valence-corrected chi connectivity index (χ1v) is 8.96. The monoisotopic (exact) mass is 377 g/mol. The molecule has 26 heavy (non-hydrogen) atoms. The third-order valence-electron chi connectivity index (χ3n) is 4.30. The summed E-state index contributed by atoms with van der Waals surface area (Å²) in [7, 11) is 0. The summed E-state index contributed by atoms with van der Waals surface area (Å²) in [6.07, 6.45) is 3.62. The van der Waals surface area contributed by atoms with Gasteiger partial charge >= 0.3 is 6.02 Å². The number of anilines is 1. The number of aromatic amines is 1. The van der Waals surface area contributed by atoms with E-state index in [0.717, 1.165) is 12.8 Å². The van der Waals surface area contributed by atoms with Crippen LogP contribution in [0.4, 0.5) is 10.2 Å². The van der Waals surface area contributed by atoms with Crippen LogP contribution in [0.3, 0.4) is 0 Å². The number of rotatable bonds is 5. The van der Waals surface area contributed by atoms with E-state index >= 15 is 0 Å². The third-order valence-corrected chi connectivity index (χ3v) is 4.62. The zero-order chi connectivity index (χ0) is 18.7. The number of ether oxygens (including phenoxy) is 1. The Morgan fingerprint density at radius 1 is 1.38 bits per heavy atom. The Morgan fingerprint density at radius 2 is 2.15 bits per heavy atom. The summed E-state index contributed by atoms with van der Waals surface area (Å²) < 4.78 is 19.8. The summed E-state index contributed by atoms with van der Waals surface area (Å²) in [4.78, 5) is 15.9. The molecule has 1 aliphatic rings. The van der Waals surface area contributed by atoms with Crippen molar-refractivity contribution in [2.75, 3.05) is 12.3 Å². The van der Waals surface area contributed by atoms with Crippen molar-refractivity contribution < 1.29 is 9.13 Å². The quantitative estimate of drug-likeness (QED) is 0.819. The van der Waals surface area contributed by atoms with Crippen LogP contribution in [0.1, 0.15) is 38.3 Å². The predicted molar refractivity (Wildman–Crippen MR) is 102 cm³/mol. The molecule has 0 aliphatic carbocycles. The zero-order valence-corrected chi connectivity index (χ0v) is 15.4. The second kappa shape index (κ2) is 7.86. The van der Waals surface area contributed by atoms with Gasteiger partial charge in [0.15, 0.2) is 0 Å². The van der Waals surface area contributed by atoms with Crippen LogP contribution in [0.25, 0.3) is 11.4 Å². The molecule has 0 saturated carbocycles. The summed E-state index contributed by atoms with van der Waals surface area (Å²) in [5.41, 5.74) is 6.85. The van der Waals surface area contributed by atoms with Gasteiger partial charge in [0.25, 0.3) is 0 Å². The Morgan fingerprint density at radius 3 is 2.77 bits per heavy atom. The Kier molecular flexibility index (Phi) is 5.56. The minimum Gasteiger partial charge on any atom is -0.460 e. The van der Waals surface area contributed by atoms with Crippen LogP contribution >= 0.6 is 11.6 Å². The van der Waals surface area contributed by atoms with Crippen LogP contribution < -0.4 is 5.73 Å². The summed E-state index contributed by atoms with van der Waals surface area (Å²) in [5.74, 6) is -0.0859. The molecule has 0 fully saturated rings. The van der Waals surface area contributed by atoms with Gasteiger partial charge in [0.05, 0.1) is 28.7 Å². The summed E-state index contributed by atoms with van der Waals surface area (Å²) in [6, 6.07) is 4.85. The zero-order valence-electron chi connectivity index (χ0n) is 14.7. The number of nitrogens with two attached hydrogens (primary N) is 1. The van der Waals surface area contributed by atoms with Crippen LogP contribution in [-0.4, -0.2) is 34.9 Å².